The number of esters is 1. The molecule has 0 unspecified atom stereocenters. The Morgan fingerprint density at radius 2 is 1.82 bits per heavy atom. The Labute approximate surface area is 99.6 Å². The largest absolute Gasteiger partial charge is 0.462 e. The van der Waals surface area contributed by atoms with Crippen LogP contribution in [0.1, 0.15) is 42.6 Å². The molecule has 0 saturated carbocycles. The molecule has 0 saturated heterocycles. The smallest absolute Gasteiger partial charge is 0.338 e. The number of hydrogen-bond acceptors (Lipinski definition) is 2. The van der Waals surface area contributed by atoms with Crippen molar-refractivity contribution in [3.63, 3.8) is 0 Å². The molecular weight excluding hydrogens is 226 g/mol. The van der Waals surface area contributed by atoms with E-state index >= 15 is 0 Å². The Balaban J connectivity index is 2.84. The van der Waals surface area contributed by atoms with Crippen LogP contribution in [0, 0.1) is 0 Å². The van der Waals surface area contributed by atoms with Crippen LogP contribution in [-0.2, 0) is 10.7 Å². The topological polar surface area (TPSA) is 26.3 Å². The van der Waals surface area contributed by atoms with Gasteiger partial charge in [-0.2, -0.15) is 0 Å². The minimum Gasteiger partial charge on any atom is -0.462 e. The lowest BCUT2D eigenvalue weighted by Crippen LogP contribution is -2.13. The minimum atomic E-state index is -2.83. The molecule has 1 rings (SSSR count). The van der Waals surface area contributed by atoms with Gasteiger partial charge >= 0.3 is 5.97 Å². The molecule has 1 aromatic carbocycles. The Kier molecular flexibility index (Phi) is 4.61. The Morgan fingerprint density at radius 1 is 1.24 bits per heavy atom. The maximum absolute atomic E-state index is 13.5. The molecule has 0 N–H and O–H groups in total. The molecule has 0 amide bonds. The third-order valence-corrected chi connectivity index (χ3v) is 2.38. The Hall–Kier alpha value is -1.45. The van der Waals surface area contributed by atoms with E-state index < -0.39 is 11.9 Å². The van der Waals surface area contributed by atoms with Crippen molar-refractivity contribution in [2.75, 3.05) is 6.61 Å². The molecule has 0 atom stereocenters. The van der Waals surface area contributed by atoms with E-state index in [1.807, 2.05) is 0 Å². The van der Waals surface area contributed by atoms with Crippen molar-refractivity contribution in [3.8, 4) is 0 Å². The summed E-state index contributed by atoms with van der Waals surface area (Å²) in [5.41, 5.74) is 0.232. The molecular formula is C13H16F2O2. The number of carbonyl (C=O) groups is 1. The van der Waals surface area contributed by atoms with Gasteiger partial charge in [0.2, 0.25) is 0 Å². The fourth-order valence-electron chi connectivity index (χ4n) is 1.52. The third-order valence-electron chi connectivity index (χ3n) is 2.38. The first-order valence-electron chi connectivity index (χ1n) is 5.66. The lowest BCUT2D eigenvalue weighted by atomic mass is 10.0. The van der Waals surface area contributed by atoms with Crippen molar-refractivity contribution >= 4 is 5.97 Å². The molecule has 0 spiro atoms. The fourth-order valence-corrected chi connectivity index (χ4v) is 1.52. The van der Waals surface area contributed by atoms with Crippen LogP contribution in [0.2, 0.25) is 0 Å². The lowest BCUT2D eigenvalue weighted by molar-refractivity contribution is -0.0140. The second-order valence-corrected chi connectivity index (χ2v) is 3.75. The summed E-state index contributed by atoms with van der Waals surface area (Å²) in [5, 5.41) is 0. The van der Waals surface area contributed by atoms with Crippen molar-refractivity contribution in [3.05, 3.63) is 35.4 Å². The van der Waals surface area contributed by atoms with Gasteiger partial charge in [-0.15, -0.1) is 0 Å². The summed E-state index contributed by atoms with van der Waals surface area (Å²) in [6.45, 7) is 3.68. The maximum atomic E-state index is 13.5. The molecule has 0 heterocycles. The second kappa shape index (κ2) is 5.75. The maximum Gasteiger partial charge on any atom is 0.338 e. The summed E-state index contributed by atoms with van der Waals surface area (Å²) in [6.07, 6.45) is 0.221. The summed E-state index contributed by atoms with van der Waals surface area (Å²) in [4.78, 5) is 11.3. The van der Waals surface area contributed by atoms with Crippen molar-refractivity contribution < 1.29 is 18.3 Å². The SMILES string of the molecule is CCCC(F)(F)c1ccc(C(=O)OCC)cc1. The standard InChI is InChI=1S/C13H16F2O2/c1-3-9-13(14,15)11-7-5-10(6-8-11)12(16)17-4-2/h5-8H,3-4,9H2,1-2H3. The van der Waals surface area contributed by atoms with Crippen LogP contribution in [0.3, 0.4) is 0 Å². The summed E-state index contributed by atoms with van der Waals surface area (Å²) < 4.78 is 31.8. The molecule has 0 bridgehead atoms. The highest BCUT2D eigenvalue weighted by Crippen LogP contribution is 2.32. The molecule has 0 aliphatic heterocycles. The van der Waals surface area contributed by atoms with E-state index in [-0.39, 0.29) is 18.6 Å². The summed E-state index contributed by atoms with van der Waals surface area (Å²) in [7, 11) is 0. The van der Waals surface area contributed by atoms with E-state index in [9.17, 15) is 13.6 Å². The zero-order valence-electron chi connectivity index (χ0n) is 10.0. The van der Waals surface area contributed by atoms with Gasteiger partial charge in [0, 0.05) is 12.0 Å². The van der Waals surface area contributed by atoms with E-state index in [1.165, 1.54) is 24.3 Å². The number of halogens is 2. The molecule has 94 valence electrons. The molecule has 0 fully saturated rings. The third kappa shape index (κ3) is 3.51. The van der Waals surface area contributed by atoms with Crippen LogP contribution in [0.5, 0.6) is 0 Å². The molecule has 0 aromatic heterocycles. The Bertz CT molecular complexity index is 372. The highest BCUT2D eigenvalue weighted by Gasteiger charge is 2.30. The molecule has 4 heteroatoms. The van der Waals surface area contributed by atoms with Crippen LogP contribution in [0.4, 0.5) is 8.78 Å². The highest BCUT2D eigenvalue weighted by atomic mass is 19.3. The van der Waals surface area contributed by atoms with E-state index in [4.69, 9.17) is 4.74 Å². The van der Waals surface area contributed by atoms with Gasteiger partial charge in [-0.3, -0.25) is 0 Å². The molecule has 17 heavy (non-hydrogen) atoms. The normalized spacial score (nSPS) is 11.3. The van der Waals surface area contributed by atoms with Crippen LogP contribution >= 0.6 is 0 Å². The van der Waals surface area contributed by atoms with Gasteiger partial charge in [0.25, 0.3) is 5.92 Å². The average molecular weight is 242 g/mol. The predicted octanol–water partition coefficient (Wildman–Crippen LogP) is 3.76. The van der Waals surface area contributed by atoms with Crippen molar-refractivity contribution in [1.29, 1.82) is 0 Å². The first-order valence-corrected chi connectivity index (χ1v) is 5.66. The zero-order valence-corrected chi connectivity index (χ0v) is 10.0. The number of hydrogen-bond donors (Lipinski definition) is 0. The van der Waals surface area contributed by atoms with E-state index in [0.717, 1.165) is 0 Å². The molecule has 2 nitrogen and oxygen atoms in total. The van der Waals surface area contributed by atoms with Crippen molar-refractivity contribution in [2.45, 2.75) is 32.6 Å². The first kappa shape index (κ1) is 13.6. The van der Waals surface area contributed by atoms with Crippen LogP contribution < -0.4 is 0 Å². The number of carbonyl (C=O) groups excluding carboxylic acids is 1. The van der Waals surface area contributed by atoms with E-state index in [0.29, 0.717) is 12.0 Å². The summed E-state index contributed by atoms with van der Waals surface area (Å²) >= 11 is 0. The Morgan fingerprint density at radius 3 is 2.29 bits per heavy atom. The highest BCUT2D eigenvalue weighted by molar-refractivity contribution is 5.89. The number of benzene rings is 1. The number of rotatable bonds is 5. The van der Waals surface area contributed by atoms with E-state index in [1.54, 1.807) is 13.8 Å². The molecule has 0 aliphatic rings. The van der Waals surface area contributed by atoms with Gasteiger partial charge in [0.15, 0.2) is 0 Å². The lowest BCUT2D eigenvalue weighted by Gasteiger charge is -2.15. The predicted molar refractivity (Wildman–Crippen MR) is 61.2 cm³/mol. The first-order chi connectivity index (χ1) is 8.01. The molecule has 1 aromatic rings. The summed E-state index contributed by atoms with van der Waals surface area (Å²) in [6, 6.07) is 5.30. The quantitative estimate of drug-likeness (QED) is 0.735. The second-order valence-electron chi connectivity index (χ2n) is 3.75. The van der Waals surface area contributed by atoms with Crippen molar-refractivity contribution in [1.82, 2.24) is 0 Å². The average Bonchev–Trinajstić information content (AvgIpc) is 2.29. The number of alkyl halides is 2. The van der Waals surface area contributed by atoms with Gasteiger partial charge in [0.05, 0.1) is 12.2 Å². The van der Waals surface area contributed by atoms with Crippen molar-refractivity contribution in [2.24, 2.45) is 0 Å². The zero-order chi connectivity index (χ0) is 12.9. The van der Waals surface area contributed by atoms with Crippen LogP contribution in [-0.4, -0.2) is 12.6 Å². The van der Waals surface area contributed by atoms with Crippen LogP contribution in [0.15, 0.2) is 24.3 Å². The van der Waals surface area contributed by atoms with Gasteiger partial charge < -0.3 is 4.74 Å². The number of ether oxygens (including phenoxy) is 1. The molecule has 0 radical (unpaired) electrons. The van der Waals surface area contributed by atoms with Crippen LogP contribution in [0.25, 0.3) is 0 Å². The van der Waals surface area contributed by atoms with Gasteiger partial charge in [-0.1, -0.05) is 25.5 Å². The molecule has 0 aliphatic carbocycles. The minimum absolute atomic E-state index is 0.0626. The van der Waals surface area contributed by atoms with E-state index in [2.05, 4.69) is 0 Å². The van der Waals surface area contributed by atoms with Gasteiger partial charge in [-0.25, -0.2) is 13.6 Å². The summed E-state index contributed by atoms with van der Waals surface area (Å²) in [5.74, 6) is -3.32. The van der Waals surface area contributed by atoms with Gasteiger partial charge in [-0.05, 0) is 19.1 Å². The fraction of sp³-hybridized carbons (Fsp3) is 0.462. The van der Waals surface area contributed by atoms with Gasteiger partial charge in [0.1, 0.15) is 0 Å². The monoisotopic (exact) mass is 242 g/mol.